The number of rotatable bonds is 4. The maximum atomic E-state index is 10.7. The van der Waals surface area contributed by atoms with Crippen LogP contribution in [0.5, 0.6) is 0 Å². The maximum absolute atomic E-state index is 10.7. The van der Waals surface area contributed by atoms with E-state index in [9.17, 15) is 4.79 Å². The van der Waals surface area contributed by atoms with Gasteiger partial charge in [0.15, 0.2) is 5.78 Å². The van der Waals surface area contributed by atoms with Crippen molar-refractivity contribution in [3.05, 3.63) is 6.92 Å². The van der Waals surface area contributed by atoms with E-state index in [4.69, 9.17) is 11.5 Å². The van der Waals surface area contributed by atoms with E-state index in [1.165, 1.54) is 0 Å². The zero-order valence-corrected chi connectivity index (χ0v) is 5.47. The van der Waals surface area contributed by atoms with E-state index in [-0.39, 0.29) is 12.3 Å². The Balaban J connectivity index is 3.46. The van der Waals surface area contributed by atoms with Crippen LogP contribution in [0, 0.1) is 6.92 Å². The fourth-order valence-corrected chi connectivity index (χ4v) is 0.491. The van der Waals surface area contributed by atoms with Crippen molar-refractivity contribution in [1.29, 1.82) is 0 Å². The Hall–Kier alpha value is -0.410. The van der Waals surface area contributed by atoms with Gasteiger partial charge in [-0.25, -0.2) is 0 Å². The first-order chi connectivity index (χ1) is 4.22. The van der Waals surface area contributed by atoms with Crippen LogP contribution in [0.1, 0.15) is 12.8 Å². The summed E-state index contributed by atoms with van der Waals surface area (Å²) in [4.78, 5) is 10.7. The topological polar surface area (TPSA) is 69.1 Å². The van der Waals surface area contributed by atoms with Gasteiger partial charge in [0.25, 0.3) is 0 Å². The van der Waals surface area contributed by atoms with Gasteiger partial charge < -0.3 is 11.5 Å². The molecule has 0 rings (SSSR count). The third-order valence-electron chi connectivity index (χ3n) is 1.09. The molecule has 0 fully saturated rings. The molecule has 0 aliphatic carbocycles. The molecular formula is C6H13N2O. The summed E-state index contributed by atoms with van der Waals surface area (Å²) in [6.07, 6.45) is 1.05. The van der Waals surface area contributed by atoms with Crippen LogP contribution < -0.4 is 11.5 Å². The lowest BCUT2D eigenvalue weighted by molar-refractivity contribution is -0.120. The van der Waals surface area contributed by atoms with Crippen molar-refractivity contribution in [2.24, 2.45) is 11.5 Å². The second-order valence-corrected chi connectivity index (χ2v) is 1.91. The van der Waals surface area contributed by atoms with Crippen LogP contribution in [-0.4, -0.2) is 18.4 Å². The molecule has 3 nitrogen and oxygen atoms in total. The van der Waals surface area contributed by atoms with Crippen LogP contribution in [0.15, 0.2) is 0 Å². The van der Waals surface area contributed by atoms with E-state index in [0.717, 1.165) is 0 Å². The highest BCUT2D eigenvalue weighted by Gasteiger charge is 2.08. The molecule has 0 heterocycles. The van der Waals surface area contributed by atoms with E-state index in [0.29, 0.717) is 12.8 Å². The lowest BCUT2D eigenvalue weighted by Gasteiger charge is -2.04. The molecule has 9 heavy (non-hydrogen) atoms. The summed E-state index contributed by atoms with van der Waals surface area (Å²) in [7, 11) is 0. The van der Waals surface area contributed by atoms with Gasteiger partial charge >= 0.3 is 0 Å². The van der Waals surface area contributed by atoms with Crippen LogP contribution >= 0.6 is 0 Å². The molecule has 0 aromatic carbocycles. The van der Waals surface area contributed by atoms with Gasteiger partial charge in [-0.3, -0.25) is 4.79 Å². The third kappa shape index (κ3) is 3.21. The Morgan fingerprint density at radius 3 is 2.56 bits per heavy atom. The van der Waals surface area contributed by atoms with Gasteiger partial charge in [-0.2, -0.15) is 0 Å². The second kappa shape index (κ2) is 4.47. The molecule has 3 heteroatoms. The molecule has 53 valence electrons. The molecule has 0 spiro atoms. The van der Waals surface area contributed by atoms with Gasteiger partial charge in [0.2, 0.25) is 0 Å². The Labute approximate surface area is 55.4 Å². The van der Waals surface area contributed by atoms with Crippen molar-refractivity contribution in [3.8, 4) is 0 Å². The maximum Gasteiger partial charge on any atom is 0.150 e. The van der Waals surface area contributed by atoms with Crippen LogP contribution in [0.25, 0.3) is 0 Å². The molecule has 1 atom stereocenters. The van der Waals surface area contributed by atoms with Crippen molar-refractivity contribution < 1.29 is 4.79 Å². The van der Waals surface area contributed by atoms with Gasteiger partial charge in [-0.15, -0.1) is 0 Å². The molecule has 0 saturated carbocycles. The smallest absolute Gasteiger partial charge is 0.150 e. The van der Waals surface area contributed by atoms with Crippen LogP contribution in [0.4, 0.5) is 0 Å². The van der Waals surface area contributed by atoms with Crippen LogP contribution in [0.3, 0.4) is 0 Å². The molecule has 1 unspecified atom stereocenters. The number of carbonyl (C=O) groups is 1. The van der Waals surface area contributed by atoms with Crippen molar-refractivity contribution in [3.63, 3.8) is 0 Å². The minimum atomic E-state index is -0.480. The molecule has 0 saturated heterocycles. The average molecular weight is 129 g/mol. The zero-order valence-electron chi connectivity index (χ0n) is 5.47. The van der Waals surface area contributed by atoms with Gasteiger partial charge in [0, 0.05) is 13.0 Å². The third-order valence-corrected chi connectivity index (χ3v) is 1.09. The van der Waals surface area contributed by atoms with E-state index in [1.54, 1.807) is 0 Å². The summed E-state index contributed by atoms with van der Waals surface area (Å²) in [5.41, 5.74) is 10.4. The first-order valence-corrected chi connectivity index (χ1v) is 3.00. The molecule has 0 amide bonds. The monoisotopic (exact) mass is 129 g/mol. The molecular weight excluding hydrogens is 116 g/mol. The largest absolute Gasteiger partial charge is 0.328 e. The number of hydrogen-bond donors (Lipinski definition) is 2. The fraction of sp³-hybridized carbons (Fsp3) is 0.667. The summed E-state index contributed by atoms with van der Waals surface area (Å²) in [6, 6.07) is -0.480. The zero-order chi connectivity index (χ0) is 7.28. The molecule has 0 aromatic rings. The minimum absolute atomic E-state index is 0.00694. The standard InChI is InChI=1S/C6H13N2O/c1-2-3-6(9)5(8)4-7/h5H,1-4,7-8H2. The lowest BCUT2D eigenvalue weighted by Crippen LogP contribution is -2.37. The van der Waals surface area contributed by atoms with Gasteiger partial charge in [0.1, 0.15) is 0 Å². The van der Waals surface area contributed by atoms with Crippen LogP contribution in [-0.2, 0) is 4.79 Å². The first-order valence-electron chi connectivity index (χ1n) is 3.00. The fourth-order valence-electron chi connectivity index (χ4n) is 0.491. The number of hydrogen-bond acceptors (Lipinski definition) is 3. The Bertz CT molecular complexity index is 93.1. The number of Topliss-reactive ketones (excluding diaryl/α,β-unsaturated/α-hetero) is 1. The van der Waals surface area contributed by atoms with Gasteiger partial charge in [-0.1, -0.05) is 6.92 Å². The first kappa shape index (κ1) is 8.59. The van der Waals surface area contributed by atoms with Crippen molar-refractivity contribution in [2.75, 3.05) is 6.54 Å². The van der Waals surface area contributed by atoms with Crippen molar-refractivity contribution in [2.45, 2.75) is 18.9 Å². The summed E-state index contributed by atoms with van der Waals surface area (Å²) in [6.45, 7) is 3.76. The highest BCUT2D eigenvalue weighted by molar-refractivity contribution is 5.83. The molecule has 0 aliphatic rings. The number of ketones is 1. The normalized spacial score (nSPS) is 13.2. The van der Waals surface area contributed by atoms with Crippen molar-refractivity contribution in [1.82, 2.24) is 0 Å². The van der Waals surface area contributed by atoms with Crippen LogP contribution in [0.2, 0.25) is 0 Å². The minimum Gasteiger partial charge on any atom is -0.328 e. The predicted octanol–water partition coefficient (Wildman–Crippen LogP) is -0.544. The molecule has 0 aliphatic heterocycles. The summed E-state index contributed by atoms with van der Waals surface area (Å²) in [5, 5.41) is 0. The number of carbonyl (C=O) groups excluding carboxylic acids is 1. The van der Waals surface area contributed by atoms with E-state index >= 15 is 0 Å². The molecule has 0 aromatic heterocycles. The predicted molar refractivity (Wildman–Crippen MR) is 36.6 cm³/mol. The van der Waals surface area contributed by atoms with E-state index in [2.05, 4.69) is 6.92 Å². The average Bonchev–Trinajstić information content (AvgIpc) is 1.87. The second-order valence-electron chi connectivity index (χ2n) is 1.91. The molecule has 4 N–H and O–H groups in total. The van der Waals surface area contributed by atoms with E-state index < -0.39 is 6.04 Å². The number of nitrogens with two attached hydrogens (primary N) is 2. The summed E-state index contributed by atoms with van der Waals surface area (Å²) < 4.78 is 0. The molecule has 1 radical (unpaired) electrons. The van der Waals surface area contributed by atoms with E-state index in [1.807, 2.05) is 0 Å². The molecule has 0 bridgehead atoms. The Morgan fingerprint density at radius 1 is 1.67 bits per heavy atom. The van der Waals surface area contributed by atoms with Gasteiger partial charge in [0.05, 0.1) is 6.04 Å². The summed E-state index contributed by atoms with van der Waals surface area (Å²) in [5.74, 6) is 0.00694. The quantitative estimate of drug-likeness (QED) is 0.535. The lowest BCUT2D eigenvalue weighted by atomic mass is 10.1. The van der Waals surface area contributed by atoms with Crippen molar-refractivity contribution >= 4 is 5.78 Å². The van der Waals surface area contributed by atoms with Gasteiger partial charge in [-0.05, 0) is 6.42 Å². The Morgan fingerprint density at radius 2 is 2.22 bits per heavy atom. The summed E-state index contributed by atoms with van der Waals surface area (Å²) >= 11 is 0. The highest BCUT2D eigenvalue weighted by atomic mass is 16.1. The Kier molecular flexibility index (Phi) is 4.26. The SMILES string of the molecule is [CH2]CCC(=O)C(N)CN. The highest BCUT2D eigenvalue weighted by Crippen LogP contribution is 1.90.